The van der Waals surface area contributed by atoms with E-state index in [0.29, 0.717) is 41.9 Å². The largest absolute Gasteiger partial charge is 1.00 e. The van der Waals surface area contributed by atoms with Gasteiger partial charge in [-0.1, -0.05) is 27.2 Å². The molecule has 10 atom stereocenters. The van der Waals surface area contributed by atoms with Crippen molar-refractivity contribution in [1.82, 2.24) is 5.32 Å². The molecule has 0 aromatic rings. The summed E-state index contributed by atoms with van der Waals surface area (Å²) >= 11 is 0. The number of aliphatic hydroxyl groups is 2. The van der Waals surface area contributed by atoms with Crippen LogP contribution < -0.4 is 34.9 Å². The van der Waals surface area contributed by atoms with Gasteiger partial charge in [-0.2, -0.15) is 0 Å². The third kappa shape index (κ3) is 6.20. The molecule has 0 aromatic carbocycles. The molecule has 4 aliphatic carbocycles. The van der Waals surface area contributed by atoms with Gasteiger partial charge in [0.05, 0.1) is 28.1 Å². The Morgan fingerprint density at radius 3 is 2.42 bits per heavy atom. The summed E-state index contributed by atoms with van der Waals surface area (Å²) < 4.78 is 32.3. The number of carbonyl (C=O) groups is 1. The molecule has 202 valence electrons. The van der Waals surface area contributed by atoms with E-state index < -0.39 is 15.9 Å². The number of fused-ring (bicyclic) bond motifs is 5. The summed E-state index contributed by atoms with van der Waals surface area (Å²) in [6, 6.07) is 0. The predicted octanol–water partition coefficient (Wildman–Crippen LogP) is 0.449. The van der Waals surface area contributed by atoms with E-state index in [9.17, 15) is 28.0 Å². The van der Waals surface area contributed by atoms with Crippen LogP contribution in [-0.4, -0.2) is 53.6 Å². The molecule has 36 heavy (non-hydrogen) atoms. The second-order valence-electron chi connectivity index (χ2n) is 12.9. The summed E-state index contributed by atoms with van der Waals surface area (Å²) in [7, 11) is -4.32. The number of amides is 1. The minimum Gasteiger partial charge on any atom is -0.748 e. The Labute approximate surface area is 240 Å². The van der Waals surface area contributed by atoms with Crippen molar-refractivity contribution in [3.63, 3.8) is 0 Å². The topological polar surface area (TPSA) is 127 Å². The van der Waals surface area contributed by atoms with E-state index in [1.54, 1.807) is 0 Å². The van der Waals surface area contributed by atoms with Crippen molar-refractivity contribution in [2.24, 2.45) is 46.3 Å². The molecule has 0 saturated heterocycles. The van der Waals surface area contributed by atoms with E-state index in [1.165, 1.54) is 12.8 Å². The monoisotopic (exact) mass is 535 g/mol. The normalized spacial score (nSPS) is 43.2. The van der Waals surface area contributed by atoms with Crippen LogP contribution in [0.1, 0.15) is 91.4 Å². The zero-order valence-corrected chi connectivity index (χ0v) is 25.6. The van der Waals surface area contributed by atoms with E-state index in [1.807, 2.05) is 0 Å². The van der Waals surface area contributed by atoms with Crippen LogP contribution in [0.2, 0.25) is 0 Å². The first-order valence-corrected chi connectivity index (χ1v) is 15.5. The van der Waals surface area contributed by atoms with E-state index in [2.05, 4.69) is 26.1 Å². The number of hydrogen-bond acceptors (Lipinski definition) is 6. The van der Waals surface area contributed by atoms with Gasteiger partial charge >= 0.3 is 29.6 Å². The molecule has 4 aliphatic rings. The molecule has 4 rings (SSSR count). The molecule has 0 aliphatic heterocycles. The average Bonchev–Trinajstić information content (AvgIpc) is 2.77. The number of nitrogens with one attached hydrogen (secondary N) is 1. The molecule has 4 saturated carbocycles. The Hall–Kier alpha value is 0.300. The Morgan fingerprint density at radius 1 is 1.06 bits per heavy atom. The first kappa shape index (κ1) is 30.8. The van der Waals surface area contributed by atoms with Crippen LogP contribution in [0, 0.1) is 46.3 Å². The van der Waals surface area contributed by atoms with Crippen molar-refractivity contribution in [1.29, 1.82) is 0 Å². The summed E-state index contributed by atoms with van der Waals surface area (Å²) in [5.74, 6) is 1.88. The summed E-state index contributed by atoms with van der Waals surface area (Å²) in [6.07, 6.45) is 10.00. The molecule has 4 fully saturated rings. The Balaban J connectivity index is 0.00000361. The van der Waals surface area contributed by atoms with Gasteiger partial charge in [-0.3, -0.25) is 4.79 Å². The van der Waals surface area contributed by atoms with Gasteiger partial charge in [0.2, 0.25) is 5.91 Å². The maximum atomic E-state index is 12.2. The smallest absolute Gasteiger partial charge is 0.748 e. The van der Waals surface area contributed by atoms with Crippen LogP contribution in [0.15, 0.2) is 0 Å². The number of carbonyl (C=O) groups excluding carboxylic acids is 1. The molecule has 7 nitrogen and oxygen atoms in total. The fraction of sp³-hybridized carbons (Fsp3) is 0.963. The van der Waals surface area contributed by atoms with Gasteiger partial charge in [-0.25, -0.2) is 8.42 Å². The van der Waals surface area contributed by atoms with Crippen molar-refractivity contribution in [2.75, 3.05) is 12.3 Å². The van der Waals surface area contributed by atoms with Gasteiger partial charge in [0.15, 0.2) is 0 Å². The van der Waals surface area contributed by atoms with Crippen molar-refractivity contribution < 1.29 is 57.5 Å². The second kappa shape index (κ2) is 11.8. The second-order valence-corrected chi connectivity index (χ2v) is 14.5. The fourth-order valence-electron chi connectivity index (χ4n) is 9.34. The van der Waals surface area contributed by atoms with Crippen molar-refractivity contribution >= 4 is 16.0 Å². The minimum atomic E-state index is -4.32. The van der Waals surface area contributed by atoms with E-state index >= 15 is 0 Å². The Kier molecular flexibility index (Phi) is 10.1. The maximum absolute atomic E-state index is 12.2. The molecule has 4 unspecified atom stereocenters. The number of rotatable bonds is 7. The van der Waals surface area contributed by atoms with Crippen molar-refractivity contribution in [3.05, 3.63) is 0 Å². The first-order chi connectivity index (χ1) is 16.3. The van der Waals surface area contributed by atoms with Crippen LogP contribution in [-0.2, 0) is 14.9 Å². The van der Waals surface area contributed by atoms with Crippen LogP contribution in [0.5, 0.6) is 0 Å². The molecule has 0 bridgehead atoms. The van der Waals surface area contributed by atoms with Gasteiger partial charge in [0.25, 0.3) is 0 Å². The number of hydrogen-bond donors (Lipinski definition) is 3. The van der Waals surface area contributed by atoms with Crippen molar-refractivity contribution in [3.8, 4) is 0 Å². The van der Waals surface area contributed by atoms with E-state index in [-0.39, 0.29) is 65.0 Å². The van der Waals surface area contributed by atoms with Crippen LogP contribution in [0.25, 0.3) is 0 Å². The molecule has 0 aromatic heterocycles. The molecule has 0 heterocycles. The van der Waals surface area contributed by atoms with Crippen LogP contribution >= 0.6 is 0 Å². The molecule has 0 spiro atoms. The first-order valence-electron chi connectivity index (χ1n) is 13.9. The third-order valence-electron chi connectivity index (χ3n) is 11.2. The molecule has 9 heteroatoms. The quantitative estimate of drug-likeness (QED) is 0.321. The maximum Gasteiger partial charge on any atom is 1.00 e. The zero-order chi connectivity index (χ0) is 25.6. The zero-order valence-electron chi connectivity index (χ0n) is 22.7. The van der Waals surface area contributed by atoms with Gasteiger partial charge in [-0.05, 0) is 104 Å². The Morgan fingerprint density at radius 2 is 1.72 bits per heavy atom. The number of aliphatic hydroxyl groups excluding tert-OH is 2. The molecule has 0 radical (unpaired) electrons. The summed E-state index contributed by atoms with van der Waals surface area (Å²) in [4.78, 5) is 12.2. The molecular weight excluding hydrogens is 489 g/mol. The predicted molar refractivity (Wildman–Crippen MR) is 133 cm³/mol. The Bertz CT molecular complexity index is 885. The van der Waals surface area contributed by atoms with Gasteiger partial charge < -0.3 is 20.1 Å². The standard InChI is InChI=1S/C27H47NO6S.Na/c1-17(7-8-24(31)28-13-14-35(32,33)34)20-5-4-6-21-25-22(10-12-27(20,21)3)26(2)11-9-19(29)15-18(26)16-23(25)30;/h17-23,25,29-30H,4-16H2,1-3H3,(H,28,31)(H,32,33,34);/q;+1/p-1/t17?,18-,19?,20+,21?,22?,23-,25-,26-,27+;/m0./s1. The summed E-state index contributed by atoms with van der Waals surface area (Å²) in [5.41, 5.74) is 0.378. The molecule has 3 N–H and O–H groups in total. The summed E-state index contributed by atoms with van der Waals surface area (Å²) in [5, 5.41) is 24.3. The van der Waals surface area contributed by atoms with Crippen LogP contribution in [0.3, 0.4) is 0 Å². The van der Waals surface area contributed by atoms with Gasteiger partial charge in [-0.15, -0.1) is 0 Å². The molecular formula is C27H46NNaO6S. The third-order valence-corrected chi connectivity index (χ3v) is 11.9. The van der Waals surface area contributed by atoms with Crippen molar-refractivity contribution in [2.45, 2.75) is 104 Å². The summed E-state index contributed by atoms with van der Waals surface area (Å²) in [6.45, 7) is 7.01. The van der Waals surface area contributed by atoms with E-state index in [4.69, 9.17) is 0 Å². The average molecular weight is 536 g/mol. The van der Waals surface area contributed by atoms with E-state index in [0.717, 1.165) is 51.4 Å². The van der Waals surface area contributed by atoms with Crippen LogP contribution in [0.4, 0.5) is 0 Å². The minimum absolute atomic E-state index is 0. The molecule has 1 amide bonds. The SMILES string of the molecule is CC(CCC(=O)NCCS(=O)(=O)[O-])[C@H]1CCCC2[C@H]3C(CC[C@@]21C)[C@@]1(C)CCC(O)C[C@H]1C[C@@H]3O.[Na+]. The fourth-order valence-corrected chi connectivity index (χ4v) is 9.69. The van der Waals surface area contributed by atoms with Gasteiger partial charge in [0, 0.05) is 13.0 Å². The van der Waals surface area contributed by atoms with Gasteiger partial charge in [0.1, 0.15) is 0 Å².